The summed E-state index contributed by atoms with van der Waals surface area (Å²) < 4.78 is 0. The van der Waals surface area contributed by atoms with Crippen molar-refractivity contribution in [2.75, 3.05) is 18.0 Å². The Morgan fingerprint density at radius 3 is 2.78 bits per heavy atom. The summed E-state index contributed by atoms with van der Waals surface area (Å²) >= 11 is 0. The number of aromatic nitrogens is 4. The van der Waals surface area contributed by atoms with E-state index < -0.39 is 0 Å². The smallest absolute Gasteiger partial charge is 0.251 e. The van der Waals surface area contributed by atoms with E-state index in [4.69, 9.17) is 10.7 Å². The second-order valence-electron chi connectivity index (χ2n) is 9.06. The maximum Gasteiger partial charge on any atom is 0.251 e. The van der Waals surface area contributed by atoms with Crippen LogP contribution in [-0.4, -0.2) is 51.2 Å². The third kappa shape index (κ3) is 3.40. The van der Waals surface area contributed by atoms with E-state index in [-0.39, 0.29) is 18.0 Å². The van der Waals surface area contributed by atoms with Crippen LogP contribution in [0.4, 0.5) is 5.69 Å². The lowest BCUT2D eigenvalue weighted by molar-refractivity contribution is 0.0938. The molecule has 6 rings (SSSR count). The molecule has 0 unspecified atom stereocenters. The van der Waals surface area contributed by atoms with E-state index in [9.17, 15) is 4.79 Å². The number of H-pyrrole nitrogens is 2. The van der Waals surface area contributed by atoms with Crippen molar-refractivity contribution in [1.29, 1.82) is 0 Å². The summed E-state index contributed by atoms with van der Waals surface area (Å²) in [6.45, 7) is 2.21. The number of carbonyl (C=O) groups is 1. The number of nitrogens with one attached hydrogen (secondary N) is 3. The van der Waals surface area contributed by atoms with Crippen LogP contribution in [0.15, 0.2) is 36.4 Å². The van der Waals surface area contributed by atoms with Crippen LogP contribution in [0.5, 0.6) is 0 Å². The summed E-state index contributed by atoms with van der Waals surface area (Å²) in [6.07, 6.45) is 5.22. The normalized spacial score (nSPS) is 21.1. The largest absolute Gasteiger partial charge is 0.371 e. The first-order valence-electron chi connectivity index (χ1n) is 11.4. The molecule has 32 heavy (non-hydrogen) atoms. The highest BCUT2D eigenvalue weighted by Crippen LogP contribution is 2.29. The van der Waals surface area contributed by atoms with E-state index in [1.807, 2.05) is 18.2 Å². The zero-order valence-corrected chi connectivity index (χ0v) is 17.9. The van der Waals surface area contributed by atoms with Gasteiger partial charge < -0.3 is 20.9 Å². The number of nitrogens with zero attached hydrogens (tertiary/aromatic N) is 3. The first-order chi connectivity index (χ1) is 15.6. The number of benzene rings is 2. The van der Waals surface area contributed by atoms with Crippen molar-refractivity contribution in [3.8, 4) is 11.5 Å². The van der Waals surface area contributed by atoms with Crippen LogP contribution in [0.3, 0.4) is 0 Å². The van der Waals surface area contributed by atoms with Gasteiger partial charge >= 0.3 is 0 Å². The van der Waals surface area contributed by atoms with Crippen LogP contribution in [0.2, 0.25) is 0 Å². The SMILES string of the molecule is N[C@H]1CC[C@H](NC(=O)c2ccc3[nH]nc(-c4nc5ccc(N6CCCC6)cc5[nH]4)c3c2)C1. The molecule has 1 aliphatic carbocycles. The van der Waals surface area contributed by atoms with Crippen LogP contribution in [0, 0.1) is 0 Å². The minimum Gasteiger partial charge on any atom is -0.371 e. The Balaban J connectivity index is 1.31. The number of imidazole rings is 1. The fraction of sp³-hybridized carbons (Fsp3) is 0.375. The van der Waals surface area contributed by atoms with Crippen LogP contribution in [0.1, 0.15) is 42.5 Å². The number of fused-ring (bicyclic) bond motifs is 2. The highest BCUT2D eigenvalue weighted by atomic mass is 16.1. The van der Waals surface area contributed by atoms with E-state index in [1.165, 1.54) is 18.5 Å². The summed E-state index contributed by atoms with van der Waals surface area (Å²) in [4.78, 5) is 23.4. The Morgan fingerprint density at radius 2 is 1.97 bits per heavy atom. The number of hydrogen-bond acceptors (Lipinski definition) is 5. The molecule has 8 heteroatoms. The van der Waals surface area contributed by atoms with Gasteiger partial charge in [-0.05, 0) is 68.5 Å². The highest BCUT2D eigenvalue weighted by Gasteiger charge is 2.24. The second kappa shape index (κ2) is 7.63. The third-order valence-electron chi connectivity index (χ3n) is 6.79. The van der Waals surface area contributed by atoms with E-state index in [0.717, 1.165) is 60.0 Å². The average Bonchev–Trinajstić information content (AvgIpc) is 3.58. The van der Waals surface area contributed by atoms with E-state index >= 15 is 0 Å². The van der Waals surface area contributed by atoms with Gasteiger partial charge in [0.15, 0.2) is 5.82 Å². The summed E-state index contributed by atoms with van der Waals surface area (Å²) in [5.74, 6) is 0.627. The molecular formula is C24H27N7O. The maximum atomic E-state index is 12.8. The number of amides is 1. The molecule has 1 saturated carbocycles. The fourth-order valence-corrected chi connectivity index (χ4v) is 5.03. The van der Waals surface area contributed by atoms with Crippen molar-refractivity contribution in [2.45, 2.75) is 44.2 Å². The second-order valence-corrected chi connectivity index (χ2v) is 9.06. The van der Waals surface area contributed by atoms with Crippen molar-refractivity contribution in [3.05, 3.63) is 42.0 Å². The van der Waals surface area contributed by atoms with Crippen LogP contribution in [-0.2, 0) is 0 Å². The predicted molar refractivity (Wildman–Crippen MR) is 126 cm³/mol. The summed E-state index contributed by atoms with van der Waals surface area (Å²) in [5.41, 5.74) is 11.3. The van der Waals surface area contributed by atoms with Crippen molar-refractivity contribution in [3.63, 3.8) is 0 Å². The summed E-state index contributed by atoms with van der Waals surface area (Å²) in [7, 11) is 0. The van der Waals surface area contributed by atoms with Crippen molar-refractivity contribution >= 4 is 33.5 Å². The lowest BCUT2D eigenvalue weighted by Gasteiger charge is -2.17. The maximum absolute atomic E-state index is 12.8. The molecule has 0 spiro atoms. The summed E-state index contributed by atoms with van der Waals surface area (Å²) in [6, 6.07) is 12.3. The fourth-order valence-electron chi connectivity index (χ4n) is 5.03. The zero-order valence-electron chi connectivity index (χ0n) is 17.9. The predicted octanol–water partition coefficient (Wildman–Crippen LogP) is 3.32. The molecule has 0 radical (unpaired) electrons. The van der Waals surface area contributed by atoms with Crippen molar-refractivity contribution < 1.29 is 4.79 Å². The molecule has 0 bridgehead atoms. The average molecular weight is 430 g/mol. The first kappa shape index (κ1) is 19.3. The lowest BCUT2D eigenvalue weighted by atomic mass is 10.1. The molecular weight excluding hydrogens is 402 g/mol. The minimum absolute atomic E-state index is 0.0713. The van der Waals surface area contributed by atoms with Crippen LogP contribution in [0.25, 0.3) is 33.5 Å². The minimum atomic E-state index is -0.0713. The Hall–Kier alpha value is -3.39. The molecule has 4 aromatic rings. The van der Waals surface area contributed by atoms with Gasteiger partial charge in [0.25, 0.3) is 5.91 Å². The molecule has 2 aromatic carbocycles. The van der Waals surface area contributed by atoms with Crippen LogP contribution >= 0.6 is 0 Å². The van der Waals surface area contributed by atoms with Gasteiger partial charge in [-0.2, -0.15) is 5.10 Å². The van der Waals surface area contributed by atoms with Crippen molar-refractivity contribution in [2.24, 2.45) is 5.73 Å². The van der Waals surface area contributed by atoms with Gasteiger partial charge in [-0.1, -0.05) is 0 Å². The van der Waals surface area contributed by atoms with E-state index in [2.05, 4.69) is 43.6 Å². The molecule has 2 fully saturated rings. The molecule has 3 heterocycles. The number of aromatic amines is 2. The Bertz CT molecular complexity index is 1300. The lowest BCUT2D eigenvalue weighted by Crippen LogP contribution is -2.34. The Kier molecular flexibility index (Phi) is 4.61. The first-order valence-corrected chi connectivity index (χ1v) is 11.4. The molecule has 2 aromatic heterocycles. The Morgan fingerprint density at radius 1 is 1.09 bits per heavy atom. The van der Waals surface area contributed by atoms with E-state index in [0.29, 0.717) is 11.4 Å². The molecule has 1 amide bonds. The van der Waals surface area contributed by atoms with Gasteiger partial charge in [0, 0.05) is 41.8 Å². The number of hydrogen-bond donors (Lipinski definition) is 4. The number of anilines is 1. The molecule has 164 valence electrons. The highest BCUT2D eigenvalue weighted by molar-refractivity contribution is 6.01. The third-order valence-corrected chi connectivity index (χ3v) is 6.79. The standard InChI is InChI=1S/C24H27N7O/c25-15-4-5-16(12-15)26-24(32)14-3-7-19-18(11-14)22(30-29-19)23-27-20-8-6-17(13-21(20)28-23)31-9-1-2-10-31/h3,6-8,11,13,15-16H,1-2,4-5,9-10,12,25H2,(H,26,32)(H,27,28)(H,29,30)/t15-,16-/m0/s1. The topological polar surface area (TPSA) is 116 Å². The molecule has 1 aliphatic heterocycles. The molecule has 5 N–H and O–H groups in total. The van der Waals surface area contributed by atoms with Gasteiger partial charge in [-0.3, -0.25) is 9.89 Å². The Labute approximate surface area is 185 Å². The zero-order chi connectivity index (χ0) is 21.7. The van der Waals surface area contributed by atoms with Gasteiger partial charge in [0.05, 0.1) is 16.6 Å². The monoisotopic (exact) mass is 429 g/mol. The van der Waals surface area contributed by atoms with Gasteiger partial charge in [-0.25, -0.2) is 4.98 Å². The van der Waals surface area contributed by atoms with Gasteiger partial charge in [-0.15, -0.1) is 0 Å². The number of rotatable bonds is 4. The number of nitrogens with two attached hydrogens (primary N) is 1. The van der Waals surface area contributed by atoms with Crippen molar-refractivity contribution in [1.82, 2.24) is 25.5 Å². The quantitative estimate of drug-likeness (QED) is 0.397. The van der Waals surface area contributed by atoms with Crippen LogP contribution < -0.4 is 16.0 Å². The van der Waals surface area contributed by atoms with Gasteiger partial charge in [0.1, 0.15) is 5.69 Å². The van der Waals surface area contributed by atoms with Gasteiger partial charge in [0.2, 0.25) is 0 Å². The van der Waals surface area contributed by atoms with E-state index in [1.54, 1.807) is 0 Å². The molecule has 2 aliphatic rings. The molecule has 8 nitrogen and oxygen atoms in total. The summed E-state index contributed by atoms with van der Waals surface area (Å²) in [5, 5.41) is 11.6. The number of carbonyl (C=O) groups excluding carboxylic acids is 1. The molecule has 1 saturated heterocycles. The molecule has 2 atom stereocenters.